The van der Waals surface area contributed by atoms with Crippen molar-refractivity contribution in [2.45, 2.75) is 104 Å². The maximum atomic E-state index is 10.7. The average molecular weight is 333 g/mol. The van der Waals surface area contributed by atoms with Gasteiger partial charge in [-0.05, 0) is 32.1 Å². The van der Waals surface area contributed by atoms with Gasteiger partial charge in [0.15, 0.2) is 0 Å². The first-order chi connectivity index (χ1) is 10.8. The summed E-state index contributed by atoms with van der Waals surface area (Å²) in [7, 11) is 0. The van der Waals surface area contributed by atoms with E-state index in [4.69, 9.17) is 0 Å². The molecule has 0 aliphatic carbocycles. The van der Waals surface area contributed by atoms with Crippen molar-refractivity contribution in [1.29, 1.82) is 0 Å². The molecule has 131 valence electrons. The smallest absolute Gasteiger partial charge is 0.216 e. The fraction of sp³-hybridized carbons (Fsp3) is 0.850. The molecule has 0 aromatic heterocycles. The molecule has 1 amide bonds. The Labute approximate surface area is 167 Å². The van der Waals surface area contributed by atoms with Crippen molar-refractivity contribution in [3.05, 3.63) is 12.2 Å². The van der Waals surface area contributed by atoms with Gasteiger partial charge in [0.05, 0.1) is 0 Å². The van der Waals surface area contributed by atoms with Gasteiger partial charge in [0.2, 0.25) is 5.91 Å². The van der Waals surface area contributed by atoms with Crippen LogP contribution in [0.3, 0.4) is 0 Å². The molecule has 0 saturated heterocycles. The molecule has 0 aliphatic heterocycles. The molecule has 1 N–H and O–H groups in total. The van der Waals surface area contributed by atoms with Gasteiger partial charge in [-0.1, -0.05) is 76.9 Å². The van der Waals surface area contributed by atoms with E-state index in [1.165, 1.54) is 83.5 Å². The van der Waals surface area contributed by atoms with Crippen molar-refractivity contribution in [2.75, 3.05) is 6.54 Å². The first kappa shape index (κ1) is 25.5. The van der Waals surface area contributed by atoms with Gasteiger partial charge in [0.1, 0.15) is 0 Å². The van der Waals surface area contributed by atoms with Crippen LogP contribution in [0, 0.1) is 0 Å². The van der Waals surface area contributed by atoms with Gasteiger partial charge < -0.3 is 5.32 Å². The summed E-state index contributed by atoms with van der Waals surface area (Å²) < 4.78 is 0. The molecule has 0 unspecified atom stereocenters. The second-order valence-electron chi connectivity index (χ2n) is 6.42. The van der Waals surface area contributed by atoms with E-state index in [1.807, 2.05) is 0 Å². The summed E-state index contributed by atoms with van der Waals surface area (Å²) in [6.07, 6.45) is 23.3. The Morgan fingerprint density at radius 2 is 1.17 bits per heavy atom. The molecule has 0 atom stereocenters. The van der Waals surface area contributed by atoms with Crippen LogP contribution in [0.15, 0.2) is 12.2 Å². The number of carbonyl (C=O) groups excluding carboxylic acids is 1. The van der Waals surface area contributed by atoms with Crippen LogP contribution in [0.2, 0.25) is 0 Å². The number of nitrogens with one attached hydrogen (secondary N) is 1. The fourth-order valence-electron chi connectivity index (χ4n) is 2.64. The largest absolute Gasteiger partial charge is 0.356 e. The van der Waals surface area contributed by atoms with E-state index in [9.17, 15) is 4.79 Å². The number of hydrogen-bond donors (Lipinski definition) is 1. The molecular weight excluding hydrogens is 293 g/mol. The molecule has 0 heterocycles. The van der Waals surface area contributed by atoms with E-state index in [0.717, 1.165) is 13.0 Å². The average Bonchev–Trinajstić information content (AvgIpc) is 2.50. The monoisotopic (exact) mass is 332 g/mol. The van der Waals surface area contributed by atoms with Crippen molar-refractivity contribution >= 4 is 35.5 Å². The van der Waals surface area contributed by atoms with Crippen LogP contribution >= 0.6 is 0 Å². The zero-order valence-corrected chi connectivity index (χ0v) is 18.2. The Morgan fingerprint density at radius 1 is 0.739 bits per heavy atom. The molecule has 0 spiro atoms. The molecule has 1 radical (unpaired) electrons. The topological polar surface area (TPSA) is 29.1 Å². The summed E-state index contributed by atoms with van der Waals surface area (Å²) in [4.78, 5) is 10.7. The fourth-order valence-corrected chi connectivity index (χ4v) is 2.64. The van der Waals surface area contributed by atoms with Crippen molar-refractivity contribution in [3.8, 4) is 0 Å². The van der Waals surface area contributed by atoms with Crippen molar-refractivity contribution in [2.24, 2.45) is 0 Å². The van der Waals surface area contributed by atoms with Crippen LogP contribution < -0.4 is 5.32 Å². The summed E-state index contributed by atoms with van der Waals surface area (Å²) >= 11 is 0. The second-order valence-corrected chi connectivity index (χ2v) is 6.42. The van der Waals surface area contributed by atoms with E-state index in [2.05, 4.69) is 24.4 Å². The first-order valence-electron chi connectivity index (χ1n) is 9.66. The Balaban J connectivity index is 0. The van der Waals surface area contributed by atoms with Crippen LogP contribution in [-0.4, -0.2) is 42.0 Å². The Morgan fingerprint density at radius 3 is 1.65 bits per heavy atom. The number of rotatable bonds is 16. The van der Waals surface area contributed by atoms with Crippen LogP contribution in [0.5, 0.6) is 0 Å². The van der Waals surface area contributed by atoms with Crippen LogP contribution in [0.25, 0.3) is 0 Å². The van der Waals surface area contributed by atoms with Crippen molar-refractivity contribution < 1.29 is 4.79 Å². The third-order valence-electron chi connectivity index (χ3n) is 4.06. The molecule has 0 aromatic carbocycles. The molecular formula is C20H39NNaO. The standard InChI is InChI=1S/C20H39NO.Na/c1-3-4-5-6-7-8-9-10-11-12-13-14-15-16-17-18-19-21-20(2)22;/h10-11H,3-9,12-19H2,1-2H3,(H,21,22);/b11-10-;. The van der Waals surface area contributed by atoms with Crippen LogP contribution in [0.1, 0.15) is 104 Å². The summed E-state index contributed by atoms with van der Waals surface area (Å²) in [5, 5.41) is 2.85. The second kappa shape index (κ2) is 22.2. The number of unbranched alkanes of at least 4 members (excludes halogenated alkanes) is 12. The molecule has 0 aromatic rings. The molecule has 0 rings (SSSR count). The predicted octanol–water partition coefficient (Wildman–Crippen LogP) is 5.78. The van der Waals surface area contributed by atoms with E-state index in [0.29, 0.717) is 0 Å². The molecule has 3 heteroatoms. The molecule has 0 fully saturated rings. The zero-order valence-electron chi connectivity index (χ0n) is 16.2. The minimum Gasteiger partial charge on any atom is -0.356 e. The summed E-state index contributed by atoms with van der Waals surface area (Å²) in [5.74, 6) is 0.0905. The van der Waals surface area contributed by atoms with Gasteiger partial charge in [0, 0.05) is 43.0 Å². The number of hydrogen-bond acceptors (Lipinski definition) is 1. The predicted molar refractivity (Wildman–Crippen MR) is 104 cm³/mol. The molecule has 0 bridgehead atoms. The summed E-state index contributed by atoms with van der Waals surface area (Å²) in [6.45, 7) is 4.70. The van der Waals surface area contributed by atoms with Gasteiger partial charge >= 0.3 is 0 Å². The third-order valence-corrected chi connectivity index (χ3v) is 4.06. The Kier molecular flexibility index (Phi) is 24.6. The van der Waals surface area contributed by atoms with Crippen LogP contribution in [-0.2, 0) is 4.79 Å². The molecule has 2 nitrogen and oxygen atoms in total. The van der Waals surface area contributed by atoms with Gasteiger partial charge in [-0.2, -0.15) is 0 Å². The molecule has 0 saturated carbocycles. The minimum atomic E-state index is 0. The quantitative estimate of drug-likeness (QED) is 0.217. The minimum absolute atomic E-state index is 0. The van der Waals surface area contributed by atoms with E-state index < -0.39 is 0 Å². The molecule has 23 heavy (non-hydrogen) atoms. The third kappa shape index (κ3) is 24.6. The van der Waals surface area contributed by atoms with E-state index in [-0.39, 0.29) is 35.5 Å². The van der Waals surface area contributed by atoms with E-state index >= 15 is 0 Å². The first-order valence-corrected chi connectivity index (χ1v) is 9.66. The van der Waals surface area contributed by atoms with E-state index in [1.54, 1.807) is 6.92 Å². The number of allylic oxidation sites excluding steroid dienone is 2. The van der Waals surface area contributed by atoms with Gasteiger partial charge in [-0.25, -0.2) is 0 Å². The maximum Gasteiger partial charge on any atom is 0.216 e. The normalized spacial score (nSPS) is 10.7. The zero-order chi connectivity index (χ0) is 16.3. The summed E-state index contributed by atoms with van der Waals surface area (Å²) in [6, 6.07) is 0. The van der Waals surface area contributed by atoms with Gasteiger partial charge in [-0.15, -0.1) is 0 Å². The summed E-state index contributed by atoms with van der Waals surface area (Å²) in [5.41, 5.74) is 0. The SMILES string of the molecule is CCCCCCCC/C=C\CCCCCCCCNC(C)=O.[Na]. The van der Waals surface area contributed by atoms with Crippen LogP contribution in [0.4, 0.5) is 0 Å². The Bertz CT molecular complexity index is 266. The van der Waals surface area contributed by atoms with Gasteiger partial charge in [0.25, 0.3) is 0 Å². The number of amides is 1. The van der Waals surface area contributed by atoms with Crippen molar-refractivity contribution in [1.82, 2.24) is 5.32 Å². The van der Waals surface area contributed by atoms with Crippen molar-refractivity contribution in [3.63, 3.8) is 0 Å². The number of carbonyl (C=O) groups is 1. The Hall–Kier alpha value is 0.210. The molecule has 0 aliphatic rings. The van der Waals surface area contributed by atoms with Gasteiger partial charge in [-0.3, -0.25) is 4.79 Å². The maximum absolute atomic E-state index is 10.7.